The SMILES string of the molecule is Cl.Cl.NCC1(N)CCC2CCC1C2. The van der Waals surface area contributed by atoms with Crippen LogP contribution in [0.25, 0.3) is 0 Å². The number of nitrogens with two attached hydrogens (primary N) is 2. The van der Waals surface area contributed by atoms with Crippen molar-refractivity contribution in [2.75, 3.05) is 6.54 Å². The highest BCUT2D eigenvalue weighted by Crippen LogP contribution is 2.45. The Bertz CT molecular complexity index is 166. The van der Waals surface area contributed by atoms with E-state index in [1.807, 2.05) is 0 Å². The van der Waals surface area contributed by atoms with E-state index in [0.717, 1.165) is 11.8 Å². The molecular formula is C9H20Cl2N2. The molecule has 2 saturated carbocycles. The molecule has 0 heterocycles. The molecule has 0 spiro atoms. The minimum absolute atomic E-state index is 0. The van der Waals surface area contributed by atoms with Gasteiger partial charge in [0.1, 0.15) is 0 Å². The van der Waals surface area contributed by atoms with Crippen molar-refractivity contribution in [2.45, 2.75) is 37.6 Å². The molecule has 0 saturated heterocycles. The van der Waals surface area contributed by atoms with Crippen LogP contribution in [0.4, 0.5) is 0 Å². The van der Waals surface area contributed by atoms with Gasteiger partial charge in [-0.1, -0.05) is 6.42 Å². The van der Waals surface area contributed by atoms with Crippen LogP contribution in [-0.4, -0.2) is 12.1 Å². The van der Waals surface area contributed by atoms with Gasteiger partial charge in [-0.25, -0.2) is 0 Å². The van der Waals surface area contributed by atoms with Crippen LogP contribution in [0.2, 0.25) is 0 Å². The van der Waals surface area contributed by atoms with E-state index >= 15 is 0 Å². The van der Waals surface area contributed by atoms with E-state index in [0.29, 0.717) is 6.54 Å². The molecule has 3 unspecified atom stereocenters. The third-order valence-electron chi connectivity index (χ3n) is 3.75. The van der Waals surface area contributed by atoms with Crippen molar-refractivity contribution >= 4 is 24.8 Å². The topological polar surface area (TPSA) is 52.0 Å². The highest BCUT2D eigenvalue weighted by Gasteiger charge is 2.43. The summed E-state index contributed by atoms with van der Waals surface area (Å²) in [6, 6.07) is 0. The molecule has 2 bridgehead atoms. The number of hydrogen-bond acceptors (Lipinski definition) is 2. The van der Waals surface area contributed by atoms with Crippen molar-refractivity contribution in [2.24, 2.45) is 23.3 Å². The van der Waals surface area contributed by atoms with Crippen LogP contribution in [-0.2, 0) is 0 Å². The summed E-state index contributed by atoms with van der Waals surface area (Å²) in [6.45, 7) is 0.685. The number of halogens is 2. The third-order valence-corrected chi connectivity index (χ3v) is 3.75. The monoisotopic (exact) mass is 226 g/mol. The Morgan fingerprint density at radius 1 is 1.15 bits per heavy atom. The van der Waals surface area contributed by atoms with Gasteiger partial charge in [0.25, 0.3) is 0 Å². The van der Waals surface area contributed by atoms with Crippen LogP contribution in [0.3, 0.4) is 0 Å². The van der Waals surface area contributed by atoms with Gasteiger partial charge in [0.15, 0.2) is 0 Å². The fourth-order valence-electron chi connectivity index (χ4n) is 2.81. The van der Waals surface area contributed by atoms with Gasteiger partial charge >= 0.3 is 0 Å². The van der Waals surface area contributed by atoms with Gasteiger partial charge < -0.3 is 11.5 Å². The van der Waals surface area contributed by atoms with Crippen LogP contribution >= 0.6 is 24.8 Å². The molecule has 2 rings (SSSR count). The smallest absolute Gasteiger partial charge is 0.0307 e. The van der Waals surface area contributed by atoms with Crippen molar-refractivity contribution in [3.05, 3.63) is 0 Å². The van der Waals surface area contributed by atoms with Gasteiger partial charge in [0.2, 0.25) is 0 Å². The van der Waals surface area contributed by atoms with E-state index in [-0.39, 0.29) is 30.4 Å². The molecule has 0 aromatic carbocycles. The highest BCUT2D eigenvalue weighted by molar-refractivity contribution is 5.85. The summed E-state index contributed by atoms with van der Waals surface area (Å²) < 4.78 is 0. The van der Waals surface area contributed by atoms with Gasteiger partial charge in [-0.2, -0.15) is 0 Å². The molecule has 2 nitrogen and oxygen atoms in total. The van der Waals surface area contributed by atoms with Gasteiger partial charge in [-0.15, -0.1) is 24.8 Å². The van der Waals surface area contributed by atoms with Crippen molar-refractivity contribution in [3.8, 4) is 0 Å². The van der Waals surface area contributed by atoms with Gasteiger partial charge in [0.05, 0.1) is 0 Å². The molecule has 3 atom stereocenters. The van der Waals surface area contributed by atoms with E-state index < -0.39 is 0 Å². The molecule has 2 aliphatic rings. The van der Waals surface area contributed by atoms with Gasteiger partial charge in [-0.3, -0.25) is 0 Å². The maximum Gasteiger partial charge on any atom is 0.0307 e. The van der Waals surface area contributed by atoms with E-state index in [4.69, 9.17) is 11.5 Å². The van der Waals surface area contributed by atoms with Crippen LogP contribution in [0.1, 0.15) is 32.1 Å². The van der Waals surface area contributed by atoms with E-state index in [1.165, 1.54) is 32.1 Å². The second-order valence-corrected chi connectivity index (χ2v) is 4.35. The first-order chi connectivity index (χ1) is 5.24. The predicted molar refractivity (Wildman–Crippen MR) is 60.5 cm³/mol. The predicted octanol–water partition coefficient (Wildman–Crippen LogP) is 1.70. The summed E-state index contributed by atoms with van der Waals surface area (Å²) in [5, 5.41) is 0. The minimum atomic E-state index is 0. The summed E-state index contributed by atoms with van der Waals surface area (Å²) in [4.78, 5) is 0. The summed E-state index contributed by atoms with van der Waals surface area (Å²) in [5.41, 5.74) is 11.9. The zero-order valence-electron chi connectivity index (χ0n) is 7.87. The average molecular weight is 227 g/mol. The average Bonchev–Trinajstić information content (AvgIpc) is 2.44. The maximum atomic E-state index is 6.21. The van der Waals surface area contributed by atoms with Crippen LogP contribution in [0.15, 0.2) is 0 Å². The Hall–Kier alpha value is 0.500. The van der Waals surface area contributed by atoms with E-state index in [9.17, 15) is 0 Å². The Kier molecular flexibility index (Phi) is 5.02. The summed E-state index contributed by atoms with van der Waals surface area (Å²) in [6.07, 6.45) is 6.58. The lowest BCUT2D eigenvalue weighted by atomic mass is 9.74. The van der Waals surface area contributed by atoms with Crippen molar-refractivity contribution in [1.82, 2.24) is 0 Å². The lowest BCUT2D eigenvalue weighted by Crippen LogP contribution is -2.54. The first-order valence-corrected chi connectivity index (χ1v) is 4.73. The van der Waals surface area contributed by atoms with E-state index in [2.05, 4.69) is 0 Å². The molecule has 0 aromatic rings. The molecule has 2 aliphatic carbocycles. The standard InChI is InChI=1S/C9H18N2.2ClH/c10-6-9(11)4-3-7-1-2-8(9)5-7;;/h7-8H,1-6,10-11H2;2*1H. The first kappa shape index (κ1) is 13.5. The molecule has 13 heavy (non-hydrogen) atoms. The Balaban J connectivity index is 0.000000720. The molecule has 0 aliphatic heterocycles. The molecule has 0 amide bonds. The molecular weight excluding hydrogens is 207 g/mol. The zero-order chi connectivity index (χ0) is 7.90. The van der Waals surface area contributed by atoms with Crippen molar-refractivity contribution in [3.63, 3.8) is 0 Å². The molecule has 0 radical (unpaired) electrons. The third kappa shape index (κ3) is 2.30. The summed E-state index contributed by atoms with van der Waals surface area (Å²) >= 11 is 0. The molecule has 0 aromatic heterocycles. The normalized spacial score (nSPS) is 42.0. The molecule has 80 valence electrons. The van der Waals surface area contributed by atoms with Crippen LogP contribution < -0.4 is 11.5 Å². The van der Waals surface area contributed by atoms with Gasteiger partial charge in [0, 0.05) is 12.1 Å². The molecule has 4 heteroatoms. The number of hydrogen-bond donors (Lipinski definition) is 2. The Labute approximate surface area is 92.6 Å². The fourth-order valence-corrected chi connectivity index (χ4v) is 2.81. The van der Waals surface area contributed by atoms with Crippen molar-refractivity contribution < 1.29 is 0 Å². The van der Waals surface area contributed by atoms with E-state index in [1.54, 1.807) is 0 Å². The lowest BCUT2D eigenvalue weighted by molar-refractivity contribution is 0.205. The second kappa shape index (κ2) is 4.83. The minimum Gasteiger partial charge on any atom is -0.329 e. The van der Waals surface area contributed by atoms with Crippen molar-refractivity contribution in [1.29, 1.82) is 0 Å². The highest BCUT2D eigenvalue weighted by atomic mass is 35.5. The first-order valence-electron chi connectivity index (χ1n) is 4.73. The maximum absolute atomic E-state index is 6.21. The quantitative estimate of drug-likeness (QED) is 0.716. The zero-order valence-corrected chi connectivity index (χ0v) is 9.50. The Morgan fingerprint density at radius 2 is 1.85 bits per heavy atom. The number of rotatable bonds is 1. The summed E-state index contributed by atoms with van der Waals surface area (Å²) in [5.74, 6) is 1.73. The lowest BCUT2D eigenvalue weighted by Gasteiger charge is -2.38. The van der Waals surface area contributed by atoms with Crippen LogP contribution in [0, 0.1) is 11.8 Å². The molecule has 2 fully saturated rings. The summed E-state index contributed by atoms with van der Waals surface area (Å²) in [7, 11) is 0. The number of fused-ring (bicyclic) bond motifs is 2. The fraction of sp³-hybridized carbons (Fsp3) is 1.00. The molecule has 4 N–H and O–H groups in total. The van der Waals surface area contributed by atoms with Crippen LogP contribution in [0.5, 0.6) is 0 Å². The second-order valence-electron chi connectivity index (χ2n) is 4.35. The van der Waals surface area contributed by atoms with Gasteiger partial charge in [-0.05, 0) is 37.5 Å². The Morgan fingerprint density at radius 3 is 2.46 bits per heavy atom. The largest absolute Gasteiger partial charge is 0.329 e.